The van der Waals surface area contributed by atoms with Crippen molar-refractivity contribution in [1.82, 2.24) is 4.57 Å². The molecule has 4 heterocycles. The van der Waals surface area contributed by atoms with Crippen molar-refractivity contribution in [3.63, 3.8) is 0 Å². The van der Waals surface area contributed by atoms with E-state index in [2.05, 4.69) is 163 Å². The lowest BCUT2D eigenvalue weighted by molar-refractivity contribution is -0.137. The maximum Gasteiger partial charge on any atom is 0.416 e. The fraction of sp³-hybridized carbons (Fsp3) is 0.260. The topological polar surface area (TPSA) is 24.6 Å². The summed E-state index contributed by atoms with van der Waals surface area (Å²) in [6.45, 7) is 15.9. The summed E-state index contributed by atoms with van der Waals surface area (Å²) >= 11 is 0. The summed E-state index contributed by atoms with van der Waals surface area (Å²) in [7, 11) is 0. The zero-order valence-electron chi connectivity index (χ0n) is 55.6. The van der Waals surface area contributed by atoms with Crippen molar-refractivity contribution in [2.45, 2.75) is 124 Å². The molecule has 0 N–H and O–H groups in total. The molecule has 0 radical (unpaired) electrons. The molecule has 2 aliphatic heterocycles. The number of benzene rings is 9. The highest BCUT2D eigenvalue weighted by molar-refractivity contribution is 7.01. The van der Waals surface area contributed by atoms with Gasteiger partial charge < -0.3 is 18.8 Å². The highest BCUT2D eigenvalue weighted by atomic mass is 19.4. The van der Waals surface area contributed by atoms with Gasteiger partial charge in [0, 0.05) is 72.2 Å². The van der Waals surface area contributed by atoms with Crippen LogP contribution in [-0.4, -0.2) is 11.3 Å². The molecule has 0 amide bonds. The second-order valence-electron chi connectivity index (χ2n) is 25.4. The molecule has 0 fully saturated rings. The number of furan rings is 1. The van der Waals surface area contributed by atoms with Crippen LogP contribution in [0.15, 0.2) is 174 Å². The molecule has 0 aliphatic carbocycles. The molecule has 11 aromatic rings. The minimum Gasteiger partial charge on any atom is -0.457 e. The molecule has 0 saturated heterocycles. The summed E-state index contributed by atoms with van der Waals surface area (Å²) < 4.78 is 125. The van der Waals surface area contributed by atoms with Crippen LogP contribution in [0, 0.1) is 0 Å². The van der Waals surface area contributed by atoms with Crippen LogP contribution in [-0.2, 0) is 22.4 Å². The Morgan fingerprint density at radius 1 is 0.494 bits per heavy atom. The smallest absolute Gasteiger partial charge is 0.416 e. The first-order valence-corrected chi connectivity index (χ1v) is 27.8. The monoisotopic (exact) mass is 1080 g/mol. The van der Waals surface area contributed by atoms with Crippen molar-refractivity contribution in [2.75, 3.05) is 9.80 Å². The molecule has 0 spiro atoms. The summed E-state index contributed by atoms with van der Waals surface area (Å²) in [5.74, 6) is -4.25. The third-order valence-corrected chi connectivity index (χ3v) is 16.9. The van der Waals surface area contributed by atoms with E-state index >= 15 is 0 Å². The van der Waals surface area contributed by atoms with Gasteiger partial charge in [-0.15, -0.1) is 0 Å². The number of fused-ring (bicyclic) bond motifs is 11. The minimum absolute atomic E-state index is 0.0522. The molecule has 9 aromatic carbocycles. The van der Waals surface area contributed by atoms with Crippen molar-refractivity contribution in [2.24, 2.45) is 0 Å². The van der Waals surface area contributed by atoms with E-state index in [1.54, 1.807) is 18.2 Å². The van der Waals surface area contributed by atoms with Gasteiger partial charge in [0.2, 0.25) is 0 Å². The summed E-state index contributed by atoms with van der Waals surface area (Å²) in [5, 5.41) is 2.70. The van der Waals surface area contributed by atoms with E-state index in [4.69, 9.17) is 12.6 Å². The van der Waals surface area contributed by atoms with Crippen molar-refractivity contribution < 1.29 is 28.6 Å². The van der Waals surface area contributed by atoms with Crippen LogP contribution in [0.3, 0.4) is 0 Å². The van der Waals surface area contributed by atoms with Crippen LogP contribution < -0.4 is 26.2 Å². The van der Waals surface area contributed by atoms with Crippen molar-refractivity contribution in [1.29, 1.82) is 0 Å². The van der Waals surface area contributed by atoms with Gasteiger partial charge >= 0.3 is 6.18 Å². The fourth-order valence-corrected chi connectivity index (χ4v) is 12.5. The van der Waals surface area contributed by atoms with E-state index in [-0.39, 0.29) is 27.4 Å². The Morgan fingerprint density at radius 2 is 1.05 bits per heavy atom. The highest BCUT2D eigenvalue weighted by Crippen LogP contribution is 2.49. The minimum atomic E-state index is -4.63. The number of aromatic nitrogens is 1. The molecule has 2 aromatic heterocycles. The van der Waals surface area contributed by atoms with E-state index in [0.717, 1.165) is 62.0 Å². The zero-order chi connectivity index (χ0) is 63.8. The molecule has 8 heteroatoms. The highest BCUT2D eigenvalue weighted by Gasteiger charge is 2.45. The molecule has 2 atom stereocenters. The Labute approximate surface area is 486 Å². The zero-order valence-corrected chi connectivity index (χ0v) is 47.6. The van der Waals surface area contributed by atoms with Crippen LogP contribution in [0.2, 0.25) is 0 Å². The fourth-order valence-electron chi connectivity index (χ4n) is 12.5. The third-order valence-electron chi connectivity index (χ3n) is 16.9. The number of anilines is 6. The van der Waals surface area contributed by atoms with Gasteiger partial charge in [0.05, 0.1) is 16.8 Å². The number of hydrogen-bond donors (Lipinski definition) is 0. The summed E-state index contributed by atoms with van der Waals surface area (Å²) in [4.78, 5) is 4.19. The standard InChI is InChI=1S/C73H69BF3N3O/c1-42(2)45-16-33-61-57(36-45)59-38-47(43(3)4)39-60-68(59)80(61)64-41-55(78(52-26-20-49(21-27-52)71(8,9)10)53-28-22-50(23-29-53)72(11,12)13)40-63-66(64)74(60)67-62(79(63)54-30-24-51(25-31-54)73(75,76)77)34-32-56-58-37-46(17-35-65(58)81-69(56)67)44-14-18-48(19-15-44)70(5,6)7/h14-43H,1-13H3/i1D3,3D3,42D,43D. The predicted molar refractivity (Wildman–Crippen MR) is 337 cm³/mol. The lowest BCUT2D eigenvalue weighted by Crippen LogP contribution is -2.60. The first-order chi connectivity index (χ1) is 41.4. The molecular weight excluding hydrogens is 1000 g/mol. The van der Waals surface area contributed by atoms with Gasteiger partial charge in [0.1, 0.15) is 11.2 Å². The van der Waals surface area contributed by atoms with Crippen LogP contribution >= 0.6 is 0 Å². The Morgan fingerprint density at radius 3 is 1.64 bits per heavy atom. The molecule has 2 aliphatic rings. The number of hydrogen-bond acceptors (Lipinski definition) is 3. The third kappa shape index (κ3) is 8.57. The van der Waals surface area contributed by atoms with E-state index in [0.29, 0.717) is 72.3 Å². The average Bonchev–Trinajstić information content (AvgIpc) is 1.64. The van der Waals surface area contributed by atoms with E-state index in [1.165, 1.54) is 31.5 Å². The molecule has 81 heavy (non-hydrogen) atoms. The number of nitrogens with zero attached hydrogens (tertiary/aromatic N) is 3. The largest absolute Gasteiger partial charge is 0.457 e. The normalized spacial score (nSPS) is 16.8. The van der Waals surface area contributed by atoms with Crippen molar-refractivity contribution in [3.05, 3.63) is 203 Å². The lowest BCUT2D eigenvalue weighted by atomic mass is 9.33. The summed E-state index contributed by atoms with van der Waals surface area (Å²) in [5.41, 5.74) is 13.8. The van der Waals surface area contributed by atoms with Crippen LogP contribution in [0.4, 0.5) is 47.3 Å². The van der Waals surface area contributed by atoms with E-state index in [9.17, 15) is 15.9 Å². The van der Waals surface area contributed by atoms with Gasteiger partial charge in [-0.25, -0.2) is 0 Å². The molecular formula is C73H69BF3N3O. The first kappa shape index (κ1) is 43.8. The summed E-state index contributed by atoms with van der Waals surface area (Å²) in [6, 6.07) is 53.7. The average molecular weight is 1080 g/mol. The van der Waals surface area contributed by atoms with Gasteiger partial charge in [0.25, 0.3) is 6.71 Å². The molecule has 406 valence electrons. The van der Waals surface area contributed by atoms with Crippen molar-refractivity contribution >= 4 is 101 Å². The molecule has 0 bridgehead atoms. The molecule has 2 unspecified atom stereocenters. The second-order valence-corrected chi connectivity index (χ2v) is 25.4. The maximum absolute atomic E-state index is 14.7. The van der Waals surface area contributed by atoms with E-state index < -0.39 is 43.9 Å². The lowest BCUT2D eigenvalue weighted by Gasteiger charge is -2.41. The van der Waals surface area contributed by atoms with Gasteiger partial charge in [-0.1, -0.05) is 157 Å². The van der Waals surface area contributed by atoms with Crippen LogP contribution in [0.25, 0.3) is 60.6 Å². The van der Waals surface area contributed by atoms with E-state index in [1.807, 2.05) is 41.3 Å². The maximum atomic E-state index is 14.7. The Bertz CT molecular complexity index is 4620. The number of rotatable bonds is 7. The second kappa shape index (κ2) is 18.3. The van der Waals surface area contributed by atoms with Gasteiger partial charge in [-0.05, 0) is 186 Å². The van der Waals surface area contributed by atoms with Crippen LogP contribution in [0.5, 0.6) is 0 Å². The molecule has 4 nitrogen and oxygen atoms in total. The summed E-state index contributed by atoms with van der Waals surface area (Å²) in [6.07, 6.45) is -4.63. The van der Waals surface area contributed by atoms with Crippen molar-refractivity contribution in [3.8, 4) is 16.8 Å². The Kier molecular flexibility index (Phi) is 9.88. The first-order valence-electron chi connectivity index (χ1n) is 31.8. The predicted octanol–water partition coefficient (Wildman–Crippen LogP) is 19.6. The Balaban J connectivity index is 1.19. The number of halogens is 3. The molecule has 0 saturated carbocycles. The van der Waals surface area contributed by atoms with Gasteiger partial charge in [-0.2, -0.15) is 13.2 Å². The van der Waals surface area contributed by atoms with Gasteiger partial charge in [-0.3, -0.25) is 0 Å². The SMILES string of the molecule is [2H]C([2H])([2H])C([2H])(C)c1ccc2c(c1)c1cc(C([2H])(C)C([2H])([2H])[2H])cc3c1n2-c1cc(N(c2ccc(C(C)(C)C)cc2)c2ccc(C(C)(C)C)cc2)cc2c1B3c1c(ccc3c1oc1ccc(-c4ccc(C(C)(C)C)cc4)cc13)N2c1ccc(C(F)(F)F)cc1. The van der Waals surface area contributed by atoms with Gasteiger partial charge in [0.15, 0.2) is 0 Å². The number of alkyl halides is 3. The quantitative estimate of drug-likeness (QED) is 0.149. The van der Waals surface area contributed by atoms with Crippen LogP contribution in [0.1, 0.15) is 146 Å². The molecule has 13 rings (SSSR count). The Hall–Kier alpha value is -7.97.